The van der Waals surface area contributed by atoms with Gasteiger partial charge in [-0.15, -0.1) is 11.3 Å². The Morgan fingerprint density at radius 3 is 2.81 bits per heavy atom. The van der Waals surface area contributed by atoms with Gasteiger partial charge in [0.15, 0.2) is 5.11 Å². The molecule has 0 bridgehead atoms. The summed E-state index contributed by atoms with van der Waals surface area (Å²) in [5.41, 5.74) is 1.36. The Kier molecular flexibility index (Phi) is 5.67. The summed E-state index contributed by atoms with van der Waals surface area (Å²) in [7, 11) is 1.55. The zero-order valence-electron chi connectivity index (χ0n) is 13.8. The molecule has 0 aliphatic heterocycles. The van der Waals surface area contributed by atoms with Crippen LogP contribution >= 0.6 is 23.6 Å². The molecule has 26 heavy (non-hydrogen) atoms. The quantitative estimate of drug-likeness (QED) is 0.579. The number of hydrogen-bond acceptors (Lipinski definition) is 6. The molecule has 3 rings (SSSR count). The molecule has 8 heteroatoms. The zero-order chi connectivity index (χ0) is 18.5. The van der Waals surface area contributed by atoms with Crippen molar-refractivity contribution in [1.29, 1.82) is 0 Å². The first-order chi connectivity index (χ1) is 12.6. The van der Waals surface area contributed by atoms with E-state index in [1.807, 2.05) is 11.4 Å². The van der Waals surface area contributed by atoms with Crippen molar-refractivity contribution < 1.29 is 19.1 Å². The summed E-state index contributed by atoms with van der Waals surface area (Å²) in [6.07, 6.45) is 0. The highest BCUT2D eigenvalue weighted by Gasteiger charge is 2.13. The van der Waals surface area contributed by atoms with E-state index in [2.05, 4.69) is 10.6 Å². The van der Waals surface area contributed by atoms with Crippen LogP contribution in [0.4, 0.5) is 5.69 Å². The Bertz CT molecular complexity index is 919. The summed E-state index contributed by atoms with van der Waals surface area (Å²) in [6.45, 7) is -0.167. The van der Waals surface area contributed by atoms with E-state index in [0.29, 0.717) is 27.8 Å². The number of aliphatic hydroxyl groups is 1. The van der Waals surface area contributed by atoms with E-state index in [4.69, 9.17) is 26.5 Å². The van der Waals surface area contributed by atoms with Gasteiger partial charge in [-0.1, -0.05) is 6.07 Å². The second kappa shape index (κ2) is 8.13. The number of furan rings is 1. The molecule has 0 aliphatic carbocycles. The summed E-state index contributed by atoms with van der Waals surface area (Å²) in [5.74, 6) is 1.37. The number of carbonyl (C=O) groups excluding carboxylic acids is 1. The fraction of sp³-hybridized carbons (Fsp3) is 0.111. The van der Waals surface area contributed by atoms with Gasteiger partial charge in [0.25, 0.3) is 5.91 Å². The predicted molar refractivity (Wildman–Crippen MR) is 105 cm³/mol. The van der Waals surface area contributed by atoms with Crippen LogP contribution in [-0.2, 0) is 6.61 Å². The van der Waals surface area contributed by atoms with E-state index in [-0.39, 0.29) is 17.6 Å². The predicted octanol–water partition coefficient (Wildman–Crippen LogP) is 3.64. The first-order valence-corrected chi connectivity index (χ1v) is 8.93. The van der Waals surface area contributed by atoms with Crippen molar-refractivity contribution in [3.63, 3.8) is 0 Å². The standard InChI is InChI=1S/C18H16N2O4S2/c1-23-15-6-4-11(14-7-5-12(10-21)24-14)9-13(15)19-18(25)20-17(22)16-3-2-8-26-16/h2-9,21H,10H2,1H3,(H2,19,20,22,25). The van der Waals surface area contributed by atoms with Crippen molar-refractivity contribution in [2.24, 2.45) is 0 Å². The highest BCUT2D eigenvalue weighted by Crippen LogP contribution is 2.31. The summed E-state index contributed by atoms with van der Waals surface area (Å²) in [6, 6.07) is 12.4. The fourth-order valence-corrected chi connectivity index (χ4v) is 3.12. The molecule has 3 N–H and O–H groups in total. The lowest BCUT2D eigenvalue weighted by molar-refractivity contribution is 0.0981. The van der Waals surface area contributed by atoms with Crippen LogP contribution in [0.2, 0.25) is 0 Å². The van der Waals surface area contributed by atoms with Crippen LogP contribution in [0.15, 0.2) is 52.3 Å². The van der Waals surface area contributed by atoms with Gasteiger partial charge in [-0.25, -0.2) is 0 Å². The Balaban J connectivity index is 1.78. The van der Waals surface area contributed by atoms with Crippen molar-refractivity contribution in [3.8, 4) is 17.1 Å². The average Bonchev–Trinajstić information content (AvgIpc) is 3.33. The van der Waals surface area contributed by atoms with Crippen molar-refractivity contribution in [1.82, 2.24) is 5.32 Å². The highest BCUT2D eigenvalue weighted by atomic mass is 32.1. The molecule has 3 aromatic rings. The molecule has 0 radical (unpaired) electrons. The minimum absolute atomic E-state index is 0.161. The Morgan fingerprint density at radius 1 is 1.31 bits per heavy atom. The molecule has 1 aromatic carbocycles. The third-order valence-electron chi connectivity index (χ3n) is 3.52. The molecule has 134 valence electrons. The maximum Gasteiger partial charge on any atom is 0.267 e. The fourth-order valence-electron chi connectivity index (χ4n) is 2.30. The third-order valence-corrected chi connectivity index (χ3v) is 4.59. The van der Waals surface area contributed by atoms with E-state index in [1.54, 1.807) is 43.5 Å². The number of anilines is 1. The largest absolute Gasteiger partial charge is 0.495 e. The minimum Gasteiger partial charge on any atom is -0.495 e. The smallest absolute Gasteiger partial charge is 0.267 e. The van der Waals surface area contributed by atoms with Gasteiger partial charge in [0, 0.05) is 5.56 Å². The molecule has 0 unspecified atom stereocenters. The lowest BCUT2D eigenvalue weighted by Gasteiger charge is -2.13. The summed E-state index contributed by atoms with van der Waals surface area (Å²) >= 11 is 6.56. The molecule has 1 amide bonds. The molecule has 0 fully saturated rings. The number of methoxy groups -OCH3 is 1. The van der Waals surface area contributed by atoms with E-state index in [0.717, 1.165) is 5.56 Å². The molecule has 2 heterocycles. The van der Waals surface area contributed by atoms with Gasteiger partial charge in [-0.3, -0.25) is 10.1 Å². The van der Waals surface area contributed by atoms with E-state index < -0.39 is 0 Å². The number of hydrogen-bond donors (Lipinski definition) is 3. The number of benzene rings is 1. The Morgan fingerprint density at radius 2 is 2.15 bits per heavy atom. The van der Waals surface area contributed by atoms with Crippen molar-refractivity contribution in [2.75, 3.05) is 12.4 Å². The molecule has 0 saturated carbocycles. The Hall–Kier alpha value is -2.68. The number of thiocarbonyl (C=S) groups is 1. The lowest BCUT2D eigenvalue weighted by atomic mass is 10.1. The van der Waals surface area contributed by atoms with Crippen molar-refractivity contribution in [3.05, 3.63) is 58.5 Å². The molecule has 0 spiro atoms. The first-order valence-electron chi connectivity index (χ1n) is 7.64. The summed E-state index contributed by atoms with van der Waals surface area (Å²) < 4.78 is 10.9. The number of amides is 1. The maximum atomic E-state index is 12.1. The zero-order valence-corrected chi connectivity index (χ0v) is 15.4. The van der Waals surface area contributed by atoms with Gasteiger partial charge in [0.1, 0.15) is 23.9 Å². The maximum absolute atomic E-state index is 12.1. The number of aliphatic hydroxyl groups excluding tert-OH is 1. The van der Waals surface area contributed by atoms with Crippen molar-refractivity contribution in [2.45, 2.75) is 6.61 Å². The number of thiophene rings is 1. The molecule has 0 saturated heterocycles. The molecule has 6 nitrogen and oxygen atoms in total. The summed E-state index contributed by atoms with van der Waals surface area (Å²) in [4.78, 5) is 12.7. The van der Waals surface area contributed by atoms with Gasteiger partial charge in [0.05, 0.1) is 17.7 Å². The second-order valence-electron chi connectivity index (χ2n) is 5.22. The second-order valence-corrected chi connectivity index (χ2v) is 6.58. The van der Waals surface area contributed by atoms with Crippen LogP contribution in [0.1, 0.15) is 15.4 Å². The minimum atomic E-state index is -0.272. The van der Waals surface area contributed by atoms with Crippen LogP contribution in [-0.4, -0.2) is 23.2 Å². The SMILES string of the molecule is COc1ccc(-c2ccc(CO)o2)cc1NC(=S)NC(=O)c1cccs1. The topological polar surface area (TPSA) is 83.7 Å². The van der Waals surface area contributed by atoms with Crippen LogP contribution < -0.4 is 15.4 Å². The van der Waals surface area contributed by atoms with Crippen LogP contribution in [0, 0.1) is 0 Å². The lowest BCUT2D eigenvalue weighted by Crippen LogP contribution is -2.33. The number of ether oxygens (including phenoxy) is 1. The monoisotopic (exact) mass is 388 g/mol. The van der Waals surface area contributed by atoms with E-state index in [1.165, 1.54) is 11.3 Å². The van der Waals surface area contributed by atoms with Gasteiger partial charge in [-0.05, 0) is 54.0 Å². The van der Waals surface area contributed by atoms with Gasteiger partial charge >= 0.3 is 0 Å². The molecular formula is C18H16N2O4S2. The van der Waals surface area contributed by atoms with Crippen LogP contribution in [0.3, 0.4) is 0 Å². The average molecular weight is 388 g/mol. The van der Waals surface area contributed by atoms with Gasteiger partial charge < -0.3 is 19.6 Å². The van der Waals surface area contributed by atoms with Crippen LogP contribution in [0.25, 0.3) is 11.3 Å². The van der Waals surface area contributed by atoms with Gasteiger partial charge in [0.2, 0.25) is 0 Å². The van der Waals surface area contributed by atoms with Crippen molar-refractivity contribution >= 4 is 40.3 Å². The normalized spacial score (nSPS) is 10.4. The van der Waals surface area contributed by atoms with Gasteiger partial charge in [-0.2, -0.15) is 0 Å². The molecule has 0 aliphatic rings. The third kappa shape index (κ3) is 4.10. The number of nitrogens with one attached hydrogen (secondary N) is 2. The number of carbonyl (C=O) groups is 1. The molecule has 0 atom stereocenters. The molecular weight excluding hydrogens is 372 g/mol. The summed E-state index contributed by atoms with van der Waals surface area (Å²) in [5, 5.41) is 16.7. The van der Waals surface area contributed by atoms with Crippen LogP contribution in [0.5, 0.6) is 5.75 Å². The number of rotatable bonds is 5. The first kappa shape index (κ1) is 18.1. The Labute approximate surface area is 159 Å². The van der Waals surface area contributed by atoms with E-state index >= 15 is 0 Å². The molecule has 2 aromatic heterocycles. The van der Waals surface area contributed by atoms with E-state index in [9.17, 15) is 4.79 Å². The highest BCUT2D eigenvalue weighted by molar-refractivity contribution is 7.80.